The maximum atomic E-state index is 13.6. The van der Waals surface area contributed by atoms with Crippen LogP contribution in [0.4, 0.5) is 18.0 Å². The first-order valence-electron chi connectivity index (χ1n) is 10.8. The number of rotatable bonds is 5. The number of alkyl halides is 3. The Morgan fingerprint density at radius 1 is 1.12 bits per heavy atom. The van der Waals surface area contributed by atoms with Gasteiger partial charge < -0.3 is 10.1 Å². The Hall–Kier alpha value is -2.88. The van der Waals surface area contributed by atoms with Crippen LogP contribution >= 0.6 is 0 Å². The number of ether oxygens (including phenoxy) is 1. The summed E-state index contributed by atoms with van der Waals surface area (Å²) in [4.78, 5) is 24.3. The predicted molar refractivity (Wildman–Crippen MR) is 124 cm³/mol. The van der Waals surface area contributed by atoms with E-state index in [0.29, 0.717) is 5.56 Å². The number of nitrogens with one attached hydrogen (secondary N) is 1. The standard InChI is InChI=1S/C24H27F3N2O4S/c1-23(2,3)33-22(31)28-20-12-14-34(32,29-21(20)30)13-11-18-15-17(16-7-5-4-6-8-16)9-10-19(18)24(25,26)27/h4-10,15,20H,11-14H2,1-3H3,(H,28,31)/t20-,34?/m0/s1. The lowest BCUT2D eigenvalue weighted by Crippen LogP contribution is -2.46. The highest BCUT2D eigenvalue weighted by Crippen LogP contribution is 2.35. The maximum Gasteiger partial charge on any atom is 0.416 e. The third-order valence-corrected chi connectivity index (χ3v) is 7.41. The lowest BCUT2D eigenvalue weighted by atomic mass is 9.97. The minimum absolute atomic E-state index is 0.00627. The van der Waals surface area contributed by atoms with E-state index < -0.39 is 45.1 Å². The van der Waals surface area contributed by atoms with E-state index in [4.69, 9.17) is 4.74 Å². The number of amides is 2. The van der Waals surface area contributed by atoms with Crippen molar-refractivity contribution >= 4 is 21.7 Å². The quantitative estimate of drug-likeness (QED) is 0.616. The van der Waals surface area contributed by atoms with Crippen molar-refractivity contribution < 1.29 is 31.7 Å². The second kappa shape index (κ2) is 9.77. The third-order valence-electron chi connectivity index (χ3n) is 5.18. The summed E-state index contributed by atoms with van der Waals surface area (Å²) in [5.41, 5.74) is -0.196. The maximum absolute atomic E-state index is 13.6. The molecule has 2 aromatic carbocycles. The van der Waals surface area contributed by atoms with Gasteiger partial charge in [-0.1, -0.05) is 42.5 Å². The van der Waals surface area contributed by atoms with Crippen molar-refractivity contribution in [1.82, 2.24) is 5.32 Å². The first-order valence-corrected chi connectivity index (χ1v) is 12.6. The van der Waals surface area contributed by atoms with Crippen LogP contribution in [0.5, 0.6) is 0 Å². The summed E-state index contributed by atoms with van der Waals surface area (Å²) in [6, 6.07) is 11.9. The molecule has 0 bridgehead atoms. The molecule has 0 fully saturated rings. The van der Waals surface area contributed by atoms with Gasteiger partial charge >= 0.3 is 12.3 Å². The second-order valence-electron chi connectivity index (χ2n) is 9.08. The van der Waals surface area contributed by atoms with E-state index in [-0.39, 0.29) is 29.9 Å². The van der Waals surface area contributed by atoms with Crippen LogP contribution in [0.25, 0.3) is 11.1 Å². The molecular weight excluding hydrogens is 469 g/mol. The molecule has 6 nitrogen and oxygen atoms in total. The number of nitrogens with zero attached hydrogens (tertiary/aromatic N) is 1. The molecule has 0 saturated carbocycles. The van der Waals surface area contributed by atoms with Gasteiger partial charge in [-0.3, -0.25) is 4.79 Å². The van der Waals surface area contributed by atoms with Gasteiger partial charge in [0.05, 0.1) is 15.3 Å². The summed E-state index contributed by atoms with van der Waals surface area (Å²) in [5, 5.41) is 2.41. The van der Waals surface area contributed by atoms with Crippen molar-refractivity contribution in [2.24, 2.45) is 4.36 Å². The van der Waals surface area contributed by atoms with E-state index in [9.17, 15) is 27.0 Å². The number of benzene rings is 2. The highest BCUT2D eigenvalue weighted by atomic mass is 32.2. The number of alkyl carbamates (subject to hydrolysis) is 1. The average molecular weight is 497 g/mol. The molecular formula is C24H27F3N2O4S. The van der Waals surface area contributed by atoms with Crippen LogP contribution in [0.3, 0.4) is 0 Å². The Labute approximate surface area is 197 Å². The molecule has 184 valence electrons. The van der Waals surface area contributed by atoms with Crippen LogP contribution in [0.1, 0.15) is 38.3 Å². The topological polar surface area (TPSA) is 84.8 Å². The largest absolute Gasteiger partial charge is 0.444 e. The molecule has 0 radical (unpaired) electrons. The van der Waals surface area contributed by atoms with Crippen LogP contribution in [0.15, 0.2) is 52.9 Å². The number of aryl methyl sites for hydroxylation is 1. The van der Waals surface area contributed by atoms with Crippen LogP contribution in [-0.4, -0.2) is 39.4 Å². The van der Waals surface area contributed by atoms with Gasteiger partial charge in [0.15, 0.2) is 0 Å². The number of hydrogen-bond donors (Lipinski definition) is 1. The molecule has 1 unspecified atom stereocenters. The zero-order valence-corrected chi connectivity index (χ0v) is 20.0. The van der Waals surface area contributed by atoms with Crippen molar-refractivity contribution in [2.45, 2.75) is 51.4 Å². The Morgan fingerprint density at radius 3 is 2.38 bits per heavy atom. The summed E-state index contributed by atoms with van der Waals surface area (Å²) in [7, 11) is -3.07. The first-order chi connectivity index (χ1) is 15.8. The normalized spacial score (nSPS) is 21.0. The van der Waals surface area contributed by atoms with Gasteiger partial charge in [0.25, 0.3) is 5.91 Å². The van der Waals surface area contributed by atoms with Crippen LogP contribution in [-0.2, 0) is 31.9 Å². The molecule has 34 heavy (non-hydrogen) atoms. The van der Waals surface area contributed by atoms with E-state index >= 15 is 0 Å². The van der Waals surface area contributed by atoms with Gasteiger partial charge in [-0.25, -0.2) is 9.00 Å². The Morgan fingerprint density at radius 2 is 1.79 bits per heavy atom. The molecule has 10 heteroatoms. The molecule has 0 aromatic heterocycles. The zero-order valence-electron chi connectivity index (χ0n) is 19.1. The smallest absolute Gasteiger partial charge is 0.416 e. The lowest BCUT2D eigenvalue weighted by Gasteiger charge is -2.25. The number of carbonyl (C=O) groups excluding carboxylic acids is 2. The number of hydrogen-bond acceptors (Lipinski definition) is 4. The highest BCUT2D eigenvalue weighted by molar-refractivity contribution is 7.93. The van der Waals surface area contributed by atoms with Crippen molar-refractivity contribution in [3.63, 3.8) is 0 Å². The van der Waals surface area contributed by atoms with Gasteiger partial charge in [-0.15, -0.1) is 0 Å². The van der Waals surface area contributed by atoms with Gasteiger partial charge in [-0.05, 0) is 56.4 Å². The Bertz CT molecular complexity index is 1180. The molecule has 1 aliphatic heterocycles. The fourth-order valence-electron chi connectivity index (χ4n) is 3.59. The molecule has 3 rings (SSSR count). The fourth-order valence-corrected chi connectivity index (χ4v) is 5.57. The molecule has 1 N–H and O–H groups in total. The summed E-state index contributed by atoms with van der Waals surface area (Å²) in [6.07, 6.45) is -5.45. The second-order valence-corrected chi connectivity index (χ2v) is 11.6. The summed E-state index contributed by atoms with van der Waals surface area (Å²) < 4.78 is 62.8. The molecule has 1 aliphatic rings. The van der Waals surface area contributed by atoms with Gasteiger partial charge in [-0.2, -0.15) is 17.5 Å². The summed E-state index contributed by atoms with van der Waals surface area (Å²) >= 11 is 0. The summed E-state index contributed by atoms with van der Waals surface area (Å²) in [5.74, 6) is -0.978. The minimum Gasteiger partial charge on any atom is -0.444 e. The van der Waals surface area contributed by atoms with E-state index in [1.165, 1.54) is 12.1 Å². The molecule has 1 heterocycles. The number of carbonyl (C=O) groups is 2. The van der Waals surface area contributed by atoms with E-state index in [0.717, 1.165) is 11.6 Å². The molecule has 0 spiro atoms. The SMILES string of the molecule is CC(C)(C)OC(=O)N[C@H]1CCS(=O)(CCc2cc(-c3ccccc3)ccc2C(F)(F)F)=NC1=O. The van der Waals surface area contributed by atoms with Crippen molar-refractivity contribution in [3.8, 4) is 11.1 Å². The van der Waals surface area contributed by atoms with Crippen LogP contribution in [0.2, 0.25) is 0 Å². The lowest BCUT2D eigenvalue weighted by molar-refractivity contribution is -0.138. The zero-order chi connectivity index (χ0) is 25.1. The average Bonchev–Trinajstić information content (AvgIpc) is 2.73. The van der Waals surface area contributed by atoms with Crippen molar-refractivity contribution in [2.75, 3.05) is 11.5 Å². The Balaban J connectivity index is 1.78. The summed E-state index contributed by atoms with van der Waals surface area (Å²) in [6.45, 7) is 5.03. The minimum atomic E-state index is -4.57. The molecule has 2 amide bonds. The first kappa shape index (κ1) is 25.7. The van der Waals surface area contributed by atoms with E-state index in [2.05, 4.69) is 9.68 Å². The van der Waals surface area contributed by atoms with Crippen molar-refractivity contribution in [1.29, 1.82) is 0 Å². The highest BCUT2D eigenvalue weighted by Gasteiger charge is 2.34. The van der Waals surface area contributed by atoms with Gasteiger partial charge in [0.1, 0.15) is 11.6 Å². The molecule has 0 aliphatic carbocycles. The van der Waals surface area contributed by atoms with E-state index in [1.807, 2.05) is 6.07 Å². The molecule has 2 aromatic rings. The monoisotopic (exact) mass is 496 g/mol. The van der Waals surface area contributed by atoms with Crippen molar-refractivity contribution in [3.05, 3.63) is 59.7 Å². The van der Waals surface area contributed by atoms with Crippen LogP contribution < -0.4 is 5.32 Å². The third kappa shape index (κ3) is 6.82. The molecule has 2 atom stereocenters. The van der Waals surface area contributed by atoms with E-state index in [1.54, 1.807) is 45.0 Å². The van der Waals surface area contributed by atoms with Crippen LogP contribution in [0, 0.1) is 0 Å². The molecule has 0 saturated heterocycles. The van der Waals surface area contributed by atoms with Gasteiger partial charge in [0.2, 0.25) is 0 Å². The predicted octanol–water partition coefficient (Wildman–Crippen LogP) is 5.21. The number of halogens is 3. The fraction of sp³-hybridized carbons (Fsp3) is 0.417. The Kier molecular flexibility index (Phi) is 7.40. The van der Waals surface area contributed by atoms with Gasteiger partial charge in [0, 0.05) is 11.5 Å².